The molecule has 1 aromatic carbocycles. The average Bonchev–Trinajstić information content (AvgIpc) is 2.71. The molecule has 1 aliphatic heterocycles. The van der Waals surface area contributed by atoms with Crippen LogP contribution in [0.15, 0.2) is 29.3 Å². The number of carbonyl (C=O) groups excluding carboxylic acids is 1. The largest absolute Gasteiger partial charge is 0.497 e. The predicted molar refractivity (Wildman–Crippen MR) is 126 cm³/mol. The van der Waals surface area contributed by atoms with Gasteiger partial charge in [0.2, 0.25) is 5.91 Å². The molecule has 0 saturated carbocycles. The molecule has 6 nitrogen and oxygen atoms in total. The number of piperidine rings is 1. The second-order valence-electron chi connectivity index (χ2n) is 7.00. The zero-order valence-corrected chi connectivity index (χ0v) is 19.7. The third-order valence-corrected chi connectivity index (χ3v) is 5.02. The van der Waals surface area contributed by atoms with Crippen LogP contribution in [-0.4, -0.2) is 57.1 Å². The van der Waals surface area contributed by atoms with Crippen molar-refractivity contribution >= 4 is 35.8 Å². The Morgan fingerprint density at radius 1 is 1.32 bits per heavy atom. The lowest BCUT2D eigenvalue weighted by Gasteiger charge is -2.34. The van der Waals surface area contributed by atoms with E-state index in [4.69, 9.17) is 9.73 Å². The lowest BCUT2D eigenvalue weighted by atomic mass is 9.93. The monoisotopic (exact) mass is 502 g/mol. The third-order valence-electron chi connectivity index (χ3n) is 5.02. The van der Waals surface area contributed by atoms with Gasteiger partial charge in [0.1, 0.15) is 5.75 Å². The summed E-state index contributed by atoms with van der Waals surface area (Å²) < 4.78 is 5.28. The van der Waals surface area contributed by atoms with Crippen LogP contribution in [0.25, 0.3) is 0 Å². The van der Waals surface area contributed by atoms with Crippen molar-refractivity contribution in [1.82, 2.24) is 15.5 Å². The Labute approximate surface area is 186 Å². The van der Waals surface area contributed by atoms with E-state index in [0.29, 0.717) is 12.3 Å². The number of aliphatic imine (C=N–C) groups is 1. The first-order valence-corrected chi connectivity index (χ1v) is 10.0. The van der Waals surface area contributed by atoms with Crippen molar-refractivity contribution in [2.45, 2.75) is 39.0 Å². The van der Waals surface area contributed by atoms with Crippen molar-refractivity contribution in [3.8, 4) is 5.75 Å². The van der Waals surface area contributed by atoms with Gasteiger partial charge < -0.3 is 20.3 Å². The summed E-state index contributed by atoms with van der Waals surface area (Å²) in [5.74, 6) is 2.54. The Morgan fingerprint density at radius 2 is 2.07 bits per heavy atom. The highest BCUT2D eigenvalue weighted by Crippen LogP contribution is 2.20. The molecule has 2 rings (SSSR count). The summed E-state index contributed by atoms with van der Waals surface area (Å²) in [6.07, 6.45) is 4.73. The van der Waals surface area contributed by atoms with E-state index in [1.165, 1.54) is 5.56 Å². The summed E-state index contributed by atoms with van der Waals surface area (Å²) in [6, 6.07) is 8.23. The molecule has 0 bridgehead atoms. The van der Waals surface area contributed by atoms with E-state index in [2.05, 4.69) is 34.6 Å². The van der Waals surface area contributed by atoms with E-state index >= 15 is 0 Å². The van der Waals surface area contributed by atoms with Crippen LogP contribution in [0.2, 0.25) is 0 Å². The highest BCUT2D eigenvalue weighted by atomic mass is 127. The maximum absolute atomic E-state index is 11.6. The number of benzene rings is 1. The molecule has 0 atom stereocenters. The number of methoxy groups -OCH3 is 1. The summed E-state index contributed by atoms with van der Waals surface area (Å²) in [4.78, 5) is 18.7. The Hall–Kier alpha value is -1.51. The van der Waals surface area contributed by atoms with Crippen molar-refractivity contribution in [3.05, 3.63) is 29.8 Å². The maximum Gasteiger partial charge on any atom is 0.220 e. The second-order valence-corrected chi connectivity index (χ2v) is 7.00. The molecule has 1 heterocycles. The van der Waals surface area contributed by atoms with Crippen LogP contribution in [0.3, 0.4) is 0 Å². The molecule has 1 aliphatic rings. The molecule has 7 heteroatoms. The van der Waals surface area contributed by atoms with Gasteiger partial charge in [-0.15, -0.1) is 24.0 Å². The quantitative estimate of drug-likeness (QED) is 0.248. The summed E-state index contributed by atoms with van der Waals surface area (Å²) in [5, 5.41) is 6.14. The number of ether oxygens (including phenoxy) is 1. The van der Waals surface area contributed by atoms with Crippen molar-refractivity contribution in [3.63, 3.8) is 0 Å². The predicted octanol–water partition coefficient (Wildman–Crippen LogP) is 3.06. The minimum absolute atomic E-state index is 0. The fourth-order valence-corrected chi connectivity index (χ4v) is 3.44. The molecule has 158 valence electrons. The molecule has 1 fully saturated rings. The molecule has 0 aliphatic carbocycles. The van der Waals surface area contributed by atoms with E-state index in [1.54, 1.807) is 14.2 Å². The Morgan fingerprint density at radius 3 is 2.71 bits per heavy atom. The number of carbonyl (C=O) groups is 1. The van der Waals surface area contributed by atoms with Gasteiger partial charge in [-0.05, 0) is 56.2 Å². The molecule has 1 saturated heterocycles. The summed E-state index contributed by atoms with van der Waals surface area (Å²) in [7, 11) is 3.41. The van der Waals surface area contributed by atoms with E-state index in [9.17, 15) is 4.79 Å². The van der Waals surface area contributed by atoms with Gasteiger partial charge >= 0.3 is 0 Å². The minimum Gasteiger partial charge on any atom is -0.497 e. The molecule has 1 amide bonds. The Kier molecular flexibility index (Phi) is 11.9. The zero-order chi connectivity index (χ0) is 19.5. The molecular weight excluding hydrogens is 467 g/mol. The maximum atomic E-state index is 11.6. The van der Waals surface area contributed by atoms with Gasteiger partial charge in [0.05, 0.1) is 7.11 Å². The standard InChI is InChI=1S/C21H34N4O2.HI/c1-4-23-21(25-13-10-18(11-14-25)16-20(26)22-2)24-12-6-8-17-7-5-9-19(15-17)27-3;/h5,7,9,15,18H,4,6,8,10-14,16H2,1-3H3,(H,22,26)(H,23,24);1H. The van der Waals surface area contributed by atoms with Crippen LogP contribution in [0, 0.1) is 5.92 Å². The van der Waals surface area contributed by atoms with Crippen molar-refractivity contribution in [1.29, 1.82) is 0 Å². The van der Waals surface area contributed by atoms with Gasteiger partial charge in [0.25, 0.3) is 0 Å². The fourth-order valence-electron chi connectivity index (χ4n) is 3.44. The van der Waals surface area contributed by atoms with Gasteiger partial charge in [-0.2, -0.15) is 0 Å². The summed E-state index contributed by atoms with van der Waals surface area (Å²) in [5.41, 5.74) is 1.28. The Bertz CT molecular complexity index is 616. The normalized spacial score (nSPS) is 15.0. The van der Waals surface area contributed by atoms with Gasteiger partial charge in [0.15, 0.2) is 5.96 Å². The minimum atomic E-state index is 0. The molecule has 0 unspecified atom stereocenters. The number of likely N-dealkylation sites (tertiary alicyclic amines) is 1. The number of rotatable bonds is 8. The van der Waals surface area contributed by atoms with Crippen LogP contribution in [0.4, 0.5) is 0 Å². The number of amides is 1. The van der Waals surface area contributed by atoms with Crippen molar-refractivity contribution in [2.75, 3.05) is 40.3 Å². The Balaban J connectivity index is 0.00000392. The van der Waals surface area contributed by atoms with Gasteiger partial charge in [0, 0.05) is 39.6 Å². The van der Waals surface area contributed by atoms with E-state index < -0.39 is 0 Å². The molecular formula is C21H35IN4O2. The summed E-state index contributed by atoms with van der Waals surface area (Å²) in [6.45, 7) is 5.70. The lowest BCUT2D eigenvalue weighted by molar-refractivity contribution is -0.121. The van der Waals surface area contributed by atoms with Crippen molar-refractivity contribution in [2.24, 2.45) is 10.9 Å². The number of hydrogen-bond acceptors (Lipinski definition) is 3. The molecule has 0 spiro atoms. The smallest absolute Gasteiger partial charge is 0.220 e. The van der Waals surface area contributed by atoms with Crippen LogP contribution >= 0.6 is 24.0 Å². The first kappa shape index (κ1) is 24.5. The van der Waals surface area contributed by atoms with Gasteiger partial charge in [-0.3, -0.25) is 9.79 Å². The zero-order valence-electron chi connectivity index (χ0n) is 17.4. The van der Waals surface area contributed by atoms with Crippen LogP contribution in [-0.2, 0) is 11.2 Å². The van der Waals surface area contributed by atoms with E-state index in [1.807, 2.05) is 12.1 Å². The lowest BCUT2D eigenvalue weighted by Crippen LogP contribution is -2.46. The first-order valence-electron chi connectivity index (χ1n) is 10.0. The number of hydrogen-bond donors (Lipinski definition) is 2. The molecule has 0 radical (unpaired) electrons. The van der Waals surface area contributed by atoms with Gasteiger partial charge in [-0.1, -0.05) is 12.1 Å². The first-order chi connectivity index (χ1) is 13.2. The average molecular weight is 502 g/mol. The fraction of sp³-hybridized carbons (Fsp3) is 0.619. The third kappa shape index (κ3) is 8.24. The molecule has 0 aromatic heterocycles. The molecule has 1 aromatic rings. The topological polar surface area (TPSA) is 66.0 Å². The van der Waals surface area contributed by atoms with Crippen LogP contribution < -0.4 is 15.4 Å². The van der Waals surface area contributed by atoms with Gasteiger partial charge in [-0.25, -0.2) is 0 Å². The van der Waals surface area contributed by atoms with Crippen LogP contribution in [0.1, 0.15) is 38.2 Å². The number of aryl methyl sites for hydroxylation is 1. The summed E-state index contributed by atoms with van der Waals surface area (Å²) >= 11 is 0. The number of nitrogens with zero attached hydrogens (tertiary/aromatic N) is 2. The number of nitrogens with one attached hydrogen (secondary N) is 2. The number of guanidine groups is 1. The number of halogens is 1. The van der Waals surface area contributed by atoms with E-state index in [-0.39, 0.29) is 29.9 Å². The molecule has 28 heavy (non-hydrogen) atoms. The second kappa shape index (κ2) is 13.6. The van der Waals surface area contributed by atoms with Crippen molar-refractivity contribution < 1.29 is 9.53 Å². The highest BCUT2D eigenvalue weighted by molar-refractivity contribution is 14.0. The van der Waals surface area contributed by atoms with Crippen LogP contribution in [0.5, 0.6) is 5.75 Å². The SMILES string of the molecule is CCNC(=NCCCc1cccc(OC)c1)N1CCC(CC(=O)NC)CC1.I. The van der Waals surface area contributed by atoms with E-state index in [0.717, 1.165) is 63.6 Å². The highest BCUT2D eigenvalue weighted by Gasteiger charge is 2.22. The molecule has 2 N–H and O–H groups in total.